The van der Waals surface area contributed by atoms with E-state index in [0.717, 1.165) is 29.9 Å². The molecule has 0 bridgehead atoms. The quantitative estimate of drug-likeness (QED) is 0.0612. The third-order valence-electron chi connectivity index (χ3n) is 8.64. The van der Waals surface area contributed by atoms with Gasteiger partial charge in [0, 0.05) is 36.5 Å². The average molecular weight is 948 g/mol. The number of aryl methyl sites for hydroxylation is 2. The van der Waals surface area contributed by atoms with Crippen LogP contribution in [0.4, 0.5) is 34.0 Å². The van der Waals surface area contributed by atoms with Crippen molar-refractivity contribution in [3.8, 4) is 24.1 Å². The summed E-state index contributed by atoms with van der Waals surface area (Å²) in [5.74, 6) is -0.384. The Hall–Kier alpha value is -5.66. The zero-order valence-electron chi connectivity index (χ0n) is 34.0. The monoisotopic (exact) mass is 947 g/mol. The van der Waals surface area contributed by atoms with Gasteiger partial charge in [-0.3, -0.25) is 24.3 Å². The molecule has 3 aromatic rings. The lowest BCUT2D eigenvalue weighted by molar-refractivity contribution is -0.138. The summed E-state index contributed by atoms with van der Waals surface area (Å²) in [6.07, 6.45) is 1.27. The van der Waals surface area contributed by atoms with E-state index in [1.807, 2.05) is 0 Å². The number of carboxylic acid groups (broad SMARTS) is 1. The zero-order valence-corrected chi connectivity index (χ0v) is 36.5. The molecule has 3 atom stereocenters. The van der Waals surface area contributed by atoms with E-state index in [4.69, 9.17) is 43.2 Å². The van der Waals surface area contributed by atoms with Gasteiger partial charge in [0.25, 0.3) is 21.8 Å². The number of imide groups is 1. The molecule has 2 heterocycles. The number of amides is 4. The van der Waals surface area contributed by atoms with Crippen LogP contribution in [0.5, 0.6) is 11.8 Å². The molecule has 0 saturated carbocycles. The Morgan fingerprint density at radius 2 is 1.71 bits per heavy atom. The molecule has 6 N–H and O–H groups in total. The first-order valence-electron chi connectivity index (χ1n) is 18.5. The molecule has 1 aliphatic heterocycles. The number of methoxy groups -OCH3 is 1. The van der Waals surface area contributed by atoms with Crippen LogP contribution in [0.1, 0.15) is 56.8 Å². The summed E-state index contributed by atoms with van der Waals surface area (Å²) >= 11 is 5.97. The Labute approximate surface area is 364 Å². The Morgan fingerprint density at radius 3 is 2.25 bits per heavy atom. The number of sulfonamides is 1. The highest BCUT2D eigenvalue weighted by atomic mass is 35.5. The van der Waals surface area contributed by atoms with Crippen molar-refractivity contribution in [1.29, 1.82) is 0 Å². The molecular weight excluding hydrogens is 905 g/mol. The van der Waals surface area contributed by atoms with Crippen LogP contribution in [-0.2, 0) is 35.4 Å². The number of carbonyl (C=O) groups is 4. The number of nitrogens with one attached hydrogen (secondary N) is 2. The maximum atomic E-state index is 14.4. The van der Waals surface area contributed by atoms with E-state index in [-0.39, 0.29) is 52.4 Å². The fourth-order valence-electron chi connectivity index (χ4n) is 5.62. The van der Waals surface area contributed by atoms with Crippen molar-refractivity contribution < 1.29 is 69.2 Å². The number of ether oxygens (including phenoxy) is 2. The lowest BCUT2D eigenvalue weighted by atomic mass is 9.93. The molecule has 63 heavy (non-hydrogen) atoms. The Kier molecular flexibility index (Phi) is 18.1. The molecule has 2 aromatic carbocycles. The smallest absolute Gasteiger partial charge is 0.389 e. The molecule has 342 valence electrons. The van der Waals surface area contributed by atoms with Crippen LogP contribution in [0.2, 0.25) is 5.02 Å². The molecule has 25 heteroatoms. The van der Waals surface area contributed by atoms with E-state index in [1.54, 1.807) is 11.6 Å². The summed E-state index contributed by atoms with van der Waals surface area (Å²) in [7, 11) is -6.25. The van der Waals surface area contributed by atoms with Crippen LogP contribution in [0, 0.1) is 25.1 Å². The summed E-state index contributed by atoms with van der Waals surface area (Å²) in [5, 5.41) is 10.4. The van der Waals surface area contributed by atoms with Gasteiger partial charge in [-0.15, -0.1) is 6.42 Å². The van der Waals surface area contributed by atoms with Crippen molar-refractivity contribution in [2.75, 3.05) is 30.2 Å². The van der Waals surface area contributed by atoms with E-state index in [1.165, 1.54) is 45.0 Å². The molecule has 18 nitrogen and oxygen atoms in total. The van der Waals surface area contributed by atoms with Crippen molar-refractivity contribution >= 4 is 64.4 Å². The molecule has 5 rings (SSSR count). The second-order valence-corrected chi connectivity index (χ2v) is 18.4. The third-order valence-corrected chi connectivity index (χ3v) is 11.5. The number of rotatable bonds is 13. The van der Waals surface area contributed by atoms with Crippen LogP contribution in [0.15, 0.2) is 52.4 Å². The van der Waals surface area contributed by atoms with Gasteiger partial charge in [0.2, 0.25) is 5.95 Å². The summed E-state index contributed by atoms with van der Waals surface area (Å²) in [6, 6.07) is 5.05. The number of aliphatic carboxylic acids is 1. The number of anilines is 2. The zero-order chi connectivity index (χ0) is 47.4. The highest BCUT2D eigenvalue weighted by Gasteiger charge is 2.41. The van der Waals surface area contributed by atoms with Crippen LogP contribution in [0.25, 0.3) is 0 Å². The maximum Gasteiger partial charge on any atom is 0.389 e. The van der Waals surface area contributed by atoms with Crippen LogP contribution >= 0.6 is 19.0 Å². The van der Waals surface area contributed by atoms with E-state index in [0.29, 0.717) is 24.0 Å². The number of hydrogen-bond acceptors (Lipinski definition) is 13. The molecule has 2 aliphatic rings. The van der Waals surface area contributed by atoms with Gasteiger partial charge in [0.1, 0.15) is 23.4 Å². The fourth-order valence-corrected chi connectivity index (χ4v) is 7.75. The number of nitrogens with two attached hydrogens (primary N) is 1. The molecule has 0 fully saturated rings. The Bertz CT molecular complexity index is 2420. The lowest BCUT2D eigenvalue weighted by Crippen LogP contribution is -2.35. The van der Waals surface area contributed by atoms with Gasteiger partial charge in [-0.25, -0.2) is 27.2 Å². The summed E-state index contributed by atoms with van der Waals surface area (Å²) in [4.78, 5) is 67.8. The largest absolute Gasteiger partial charge is 0.480 e. The van der Waals surface area contributed by atoms with Gasteiger partial charge in [-0.2, -0.15) is 28.1 Å². The number of carboxylic acids is 1. The van der Waals surface area contributed by atoms with E-state index in [9.17, 15) is 49.7 Å². The molecule has 0 spiro atoms. The third kappa shape index (κ3) is 15.6. The standard InChI is InChI=1S/C18H15ClFNO3.C15H16F3N5O4S.C5H12NO4P/c1-3-10(2)24-16-9-15(14(20)8-13(16)19)21-17(22)11-6-4-5-7-12(11)18(21)23;1-9-19-12(22-14(20-9)27-2)21-13(24)23-28(25,26)11-6-4-3-5-10(11)7-8-15(16,17)18;1-11(9,10)3-2-4(6)5(7)8/h1,8-10H,4-7H2,2H3;3-6H,7-8H2,1-2H3,(H2,19,20,21,22,23,24);4H,2-3,6H2,1H3,(H,7,8)(H,9,10). The number of aromatic nitrogens is 3. The number of halogens is 5. The summed E-state index contributed by atoms with van der Waals surface area (Å²) in [6.45, 7) is 4.31. The van der Waals surface area contributed by atoms with Crippen molar-refractivity contribution in [2.24, 2.45) is 5.73 Å². The number of nitrogens with zero attached hydrogens (tertiary/aromatic N) is 4. The number of terminal acetylenes is 1. The second kappa shape index (κ2) is 22.1. The number of benzene rings is 2. The molecular formula is C38H43ClF4N7O11PS. The second-order valence-electron chi connectivity index (χ2n) is 13.8. The molecule has 0 saturated heterocycles. The van der Waals surface area contributed by atoms with Crippen molar-refractivity contribution in [1.82, 2.24) is 19.7 Å². The normalized spacial score (nSPS) is 15.6. The molecule has 1 aromatic heterocycles. The molecule has 0 radical (unpaired) electrons. The highest BCUT2D eigenvalue weighted by Crippen LogP contribution is 2.40. The van der Waals surface area contributed by atoms with Crippen molar-refractivity contribution in [3.63, 3.8) is 0 Å². The van der Waals surface area contributed by atoms with Crippen molar-refractivity contribution in [2.45, 2.75) is 82.0 Å². The van der Waals surface area contributed by atoms with Crippen molar-refractivity contribution in [3.05, 3.63) is 69.8 Å². The summed E-state index contributed by atoms with van der Waals surface area (Å²) in [5.41, 5.74) is 5.83. The predicted octanol–water partition coefficient (Wildman–Crippen LogP) is 5.51. The first kappa shape index (κ1) is 51.7. The molecule has 1 aliphatic carbocycles. The van der Waals surface area contributed by atoms with Gasteiger partial charge < -0.3 is 25.2 Å². The maximum absolute atomic E-state index is 14.4. The Morgan fingerprint density at radius 1 is 1.11 bits per heavy atom. The van der Waals surface area contributed by atoms with Gasteiger partial charge >= 0.3 is 24.2 Å². The van der Waals surface area contributed by atoms with Crippen LogP contribution in [-0.4, -0.2) is 95.4 Å². The van der Waals surface area contributed by atoms with E-state index >= 15 is 0 Å². The average Bonchev–Trinajstić information content (AvgIpc) is 3.44. The Balaban J connectivity index is 0.000000274. The lowest BCUT2D eigenvalue weighted by Gasteiger charge is -2.19. The molecule has 3 unspecified atom stereocenters. The number of hydrogen-bond donors (Lipinski definition) is 5. The minimum Gasteiger partial charge on any atom is -0.480 e. The van der Waals surface area contributed by atoms with Crippen LogP contribution in [0.3, 0.4) is 0 Å². The van der Waals surface area contributed by atoms with Gasteiger partial charge in [0.05, 0.1) is 22.7 Å². The van der Waals surface area contributed by atoms with Crippen LogP contribution < -0.4 is 30.1 Å². The number of urea groups is 1. The summed E-state index contributed by atoms with van der Waals surface area (Å²) < 4.78 is 99.2. The number of carbonyl (C=O) groups excluding carboxylic acids is 3. The topological polar surface area (TPSA) is 270 Å². The minimum atomic E-state index is -4.45. The van der Waals surface area contributed by atoms with Gasteiger partial charge in [0.15, 0.2) is 13.5 Å². The SMILES string of the molecule is C#CC(C)Oc1cc(N2C(=O)C3=C(CCCC3)C2=O)c(F)cc1Cl.COc1nc(C)nc(NC(=O)NS(=O)(=O)c2ccccc2CCC(F)(F)F)n1.CP(=O)(O)CCC(N)C(=O)O. The number of alkyl halides is 3. The molecule has 4 amide bonds. The predicted molar refractivity (Wildman–Crippen MR) is 220 cm³/mol. The first-order chi connectivity index (χ1) is 29.3. The van der Waals surface area contributed by atoms with Gasteiger partial charge in [-0.05, 0) is 70.1 Å². The van der Waals surface area contributed by atoms with Gasteiger partial charge in [-0.1, -0.05) is 35.7 Å². The highest BCUT2D eigenvalue weighted by molar-refractivity contribution is 7.90. The minimum absolute atomic E-state index is 0.0233. The first-order valence-corrected chi connectivity index (χ1v) is 22.7. The van der Waals surface area contributed by atoms with E-state index < -0.39 is 83.1 Å². The van der Waals surface area contributed by atoms with E-state index in [2.05, 4.69) is 26.2 Å². The fraction of sp³-hybridized carbons (Fsp3) is 0.395.